The fourth-order valence-electron chi connectivity index (χ4n) is 2.75. The Morgan fingerprint density at radius 3 is 2.65 bits per heavy atom. The van der Waals surface area contributed by atoms with Gasteiger partial charge < -0.3 is 20.2 Å². The van der Waals surface area contributed by atoms with E-state index in [0.717, 1.165) is 25.8 Å². The third-order valence-corrected chi connectivity index (χ3v) is 4.21. The van der Waals surface area contributed by atoms with E-state index >= 15 is 0 Å². The number of nitrogens with zero attached hydrogens (tertiary/aromatic N) is 2. The second-order valence-corrected chi connectivity index (χ2v) is 5.84. The zero-order chi connectivity index (χ0) is 14.5. The van der Waals surface area contributed by atoms with Gasteiger partial charge in [-0.05, 0) is 32.7 Å². The van der Waals surface area contributed by atoms with Crippen LogP contribution in [0.1, 0.15) is 38.5 Å². The summed E-state index contributed by atoms with van der Waals surface area (Å²) in [6.45, 7) is 1.94. The summed E-state index contributed by atoms with van der Waals surface area (Å²) in [4.78, 5) is 27.2. The largest absolute Gasteiger partial charge is 0.480 e. The minimum atomic E-state index is -0.892. The van der Waals surface area contributed by atoms with Crippen molar-refractivity contribution in [3.63, 3.8) is 0 Å². The summed E-state index contributed by atoms with van der Waals surface area (Å²) in [5, 5.41) is 12.1. The number of amides is 2. The molecule has 1 unspecified atom stereocenters. The number of carbonyl (C=O) groups excluding carboxylic acids is 1. The van der Waals surface area contributed by atoms with Crippen LogP contribution < -0.4 is 5.32 Å². The smallest absolute Gasteiger partial charge is 0.326 e. The molecule has 2 rings (SSSR count). The number of nitrogens with one attached hydrogen (secondary N) is 1. The molecule has 0 spiro atoms. The van der Waals surface area contributed by atoms with Crippen LogP contribution in [-0.4, -0.2) is 65.7 Å². The molecule has 6 heteroatoms. The number of rotatable bonds is 5. The van der Waals surface area contributed by atoms with Gasteiger partial charge in [0.25, 0.3) is 0 Å². The van der Waals surface area contributed by atoms with Gasteiger partial charge in [-0.25, -0.2) is 9.59 Å². The lowest BCUT2D eigenvalue weighted by atomic mass is 10.1. The monoisotopic (exact) mass is 283 g/mol. The molecule has 1 saturated heterocycles. The quantitative estimate of drug-likeness (QED) is 0.793. The molecule has 6 nitrogen and oxygen atoms in total. The van der Waals surface area contributed by atoms with Crippen molar-refractivity contribution in [2.24, 2.45) is 0 Å². The molecule has 1 aliphatic carbocycles. The molecule has 0 aromatic carbocycles. The maximum atomic E-state index is 12.2. The van der Waals surface area contributed by atoms with E-state index in [9.17, 15) is 14.7 Å². The van der Waals surface area contributed by atoms with E-state index in [1.165, 1.54) is 17.7 Å². The van der Waals surface area contributed by atoms with E-state index in [-0.39, 0.29) is 6.03 Å². The Bertz CT molecular complexity index is 358. The lowest BCUT2D eigenvalue weighted by Gasteiger charge is -2.27. The molecule has 0 radical (unpaired) electrons. The molecule has 1 atom stereocenters. The predicted octanol–water partition coefficient (Wildman–Crippen LogP) is 1.12. The molecular weight excluding hydrogens is 258 g/mol. The highest BCUT2D eigenvalue weighted by atomic mass is 16.4. The van der Waals surface area contributed by atoms with E-state index in [1.54, 1.807) is 0 Å². The van der Waals surface area contributed by atoms with Gasteiger partial charge in [0.1, 0.15) is 6.04 Å². The average Bonchev–Trinajstić information content (AvgIpc) is 3.24. The zero-order valence-electron chi connectivity index (χ0n) is 12.2. The van der Waals surface area contributed by atoms with Crippen LogP contribution in [0.2, 0.25) is 0 Å². The Hall–Kier alpha value is -1.30. The minimum Gasteiger partial charge on any atom is -0.480 e. The Labute approximate surface area is 120 Å². The van der Waals surface area contributed by atoms with Crippen LogP contribution in [0, 0.1) is 0 Å². The van der Waals surface area contributed by atoms with E-state index in [4.69, 9.17) is 0 Å². The summed E-state index contributed by atoms with van der Waals surface area (Å²) >= 11 is 0. The first-order valence-corrected chi connectivity index (χ1v) is 7.57. The van der Waals surface area contributed by atoms with Gasteiger partial charge >= 0.3 is 12.0 Å². The lowest BCUT2D eigenvalue weighted by Crippen LogP contribution is -2.50. The van der Waals surface area contributed by atoms with Crippen LogP contribution in [0.25, 0.3) is 0 Å². The van der Waals surface area contributed by atoms with Gasteiger partial charge in [0.15, 0.2) is 0 Å². The predicted molar refractivity (Wildman–Crippen MR) is 75.6 cm³/mol. The number of hydrogen-bond donors (Lipinski definition) is 2. The van der Waals surface area contributed by atoms with Gasteiger partial charge in [0.05, 0.1) is 0 Å². The van der Waals surface area contributed by atoms with Crippen molar-refractivity contribution in [1.82, 2.24) is 15.1 Å². The van der Waals surface area contributed by atoms with Gasteiger partial charge in [-0.3, -0.25) is 0 Å². The van der Waals surface area contributed by atoms with Crippen LogP contribution in [0.5, 0.6) is 0 Å². The summed E-state index contributed by atoms with van der Waals surface area (Å²) in [5.41, 5.74) is 0. The zero-order valence-corrected chi connectivity index (χ0v) is 12.2. The fourth-order valence-corrected chi connectivity index (χ4v) is 2.75. The third-order valence-electron chi connectivity index (χ3n) is 4.21. The van der Waals surface area contributed by atoms with E-state index in [2.05, 4.69) is 17.3 Å². The topological polar surface area (TPSA) is 72.9 Å². The molecular formula is C14H25N3O3. The number of hydrogen-bond acceptors (Lipinski definition) is 3. The second-order valence-electron chi connectivity index (χ2n) is 5.84. The summed E-state index contributed by atoms with van der Waals surface area (Å²) in [6.07, 6.45) is 5.82. The van der Waals surface area contributed by atoms with Crippen LogP contribution >= 0.6 is 0 Å². The fraction of sp³-hybridized carbons (Fsp3) is 0.857. The van der Waals surface area contributed by atoms with Gasteiger partial charge in [0, 0.05) is 25.7 Å². The van der Waals surface area contributed by atoms with Gasteiger partial charge in [0.2, 0.25) is 0 Å². The Morgan fingerprint density at radius 1 is 1.25 bits per heavy atom. The first-order valence-electron chi connectivity index (χ1n) is 7.57. The molecule has 1 saturated carbocycles. The first-order chi connectivity index (χ1) is 9.59. The van der Waals surface area contributed by atoms with Crippen molar-refractivity contribution in [3.05, 3.63) is 0 Å². The van der Waals surface area contributed by atoms with Crippen LogP contribution in [0.4, 0.5) is 4.79 Å². The molecule has 20 heavy (non-hydrogen) atoms. The molecule has 0 aromatic rings. The maximum absolute atomic E-state index is 12.2. The van der Waals surface area contributed by atoms with Crippen molar-refractivity contribution in [3.8, 4) is 0 Å². The average molecular weight is 283 g/mol. The Balaban J connectivity index is 1.80. The molecule has 1 aliphatic heterocycles. The highest BCUT2D eigenvalue weighted by Crippen LogP contribution is 2.24. The van der Waals surface area contributed by atoms with E-state index in [1.807, 2.05) is 0 Å². The van der Waals surface area contributed by atoms with Gasteiger partial charge in [-0.15, -0.1) is 0 Å². The van der Waals surface area contributed by atoms with Crippen molar-refractivity contribution in [2.75, 3.05) is 26.7 Å². The van der Waals surface area contributed by atoms with Crippen LogP contribution in [0.3, 0.4) is 0 Å². The lowest BCUT2D eigenvalue weighted by molar-refractivity contribution is -0.142. The molecule has 0 bridgehead atoms. The number of urea groups is 1. The third kappa shape index (κ3) is 4.10. The highest BCUT2D eigenvalue weighted by Gasteiger charge is 2.31. The minimum absolute atomic E-state index is 0.233. The molecule has 1 heterocycles. The number of likely N-dealkylation sites (tertiary alicyclic amines) is 1. The maximum Gasteiger partial charge on any atom is 0.326 e. The summed E-state index contributed by atoms with van der Waals surface area (Å²) in [6, 6.07) is -0.223. The Kier molecular flexibility index (Phi) is 5.23. The number of likely N-dealkylation sites (N-methyl/N-ethyl adjacent to an activating group) is 1. The van der Waals surface area contributed by atoms with Gasteiger partial charge in [-0.2, -0.15) is 0 Å². The molecule has 2 amide bonds. The van der Waals surface area contributed by atoms with Crippen molar-refractivity contribution in [2.45, 2.75) is 50.6 Å². The number of aliphatic carboxylic acids is 1. The van der Waals surface area contributed by atoms with Crippen molar-refractivity contribution >= 4 is 12.0 Å². The number of carboxylic acid groups (broad SMARTS) is 1. The SMILES string of the molecule is CN(CCNC(=O)N1CCCCCC1C(=O)O)C1CC1. The highest BCUT2D eigenvalue weighted by molar-refractivity contribution is 5.82. The normalized spacial score (nSPS) is 23.5. The molecule has 2 N–H and O–H groups in total. The van der Waals surface area contributed by atoms with E-state index < -0.39 is 12.0 Å². The van der Waals surface area contributed by atoms with Gasteiger partial charge in [-0.1, -0.05) is 12.8 Å². The molecule has 2 aliphatic rings. The Morgan fingerprint density at radius 2 is 2.00 bits per heavy atom. The summed E-state index contributed by atoms with van der Waals surface area (Å²) in [5.74, 6) is -0.892. The number of carboxylic acids is 1. The first kappa shape index (κ1) is 15.1. The van der Waals surface area contributed by atoms with Crippen LogP contribution in [0.15, 0.2) is 0 Å². The van der Waals surface area contributed by atoms with Crippen molar-refractivity contribution in [1.29, 1.82) is 0 Å². The van der Waals surface area contributed by atoms with Crippen molar-refractivity contribution < 1.29 is 14.7 Å². The summed E-state index contributed by atoms with van der Waals surface area (Å²) in [7, 11) is 2.07. The second kappa shape index (κ2) is 6.92. The number of carbonyl (C=O) groups is 2. The standard InChI is InChI=1S/C14H25N3O3/c1-16(11-6-7-11)10-8-15-14(20)17-9-4-2-3-5-12(17)13(18)19/h11-12H,2-10H2,1H3,(H,15,20)(H,18,19). The molecule has 2 fully saturated rings. The van der Waals surface area contributed by atoms with Crippen LogP contribution in [-0.2, 0) is 4.79 Å². The molecule has 0 aromatic heterocycles. The summed E-state index contributed by atoms with van der Waals surface area (Å²) < 4.78 is 0. The molecule has 114 valence electrons. The van der Waals surface area contributed by atoms with E-state index in [0.29, 0.717) is 25.6 Å².